The number of hydrogen-bond acceptors (Lipinski definition) is 7. The van der Waals surface area contributed by atoms with E-state index >= 15 is 0 Å². The van der Waals surface area contributed by atoms with Crippen molar-refractivity contribution in [3.05, 3.63) is 44.6 Å². The van der Waals surface area contributed by atoms with Gasteiger partial charge in [-0.1, -0.05) is 6.07 Å². The number of Topliss-reactive ketones (excluding diaryl/α,β-unsaturated/α-hetero) is 1. The standard InChI is InChI=1S/C14H11N3O5S/c1-8-14(19)16(7-9(18)11-3-2-6-23-11)13-10(22-8)4-5-12(15-13)17(20)21/h2-6,8H,7H2,1H3. The number of nitro groups is 1. The summed E-state index contributed by atoms with van der Waals surface area (Å²) in [5.41, 5.74) is 0. The summed E-state index contributed by atoms with van der Waals surface area (Å²) in [7, 11) is 0. The molecule has 0 aliphatic carbocycles. The van der Waals surface area contributed by atoms with Gasteiger partial charge in [-0.3, -0.25) is 14.5 Å². The summed E-state index contributed by atoms with van der Waals surface area (Å²) in [6, 6.07) is 5.97. The number of hydrogen-bond donors (Lipinski definition) is 0. The van der Waals surface area contributed by atoms with Crippen LogP contribution in [0.25, 0.3) is 0 Å². The van der Waals surface area contributed by atoms with Crippen molar-refractivity contribution in [1.82, 2.24) is 4.98 Å². The normalized spacial score (nSPS) is 16.7. The fraction of sp³-hybridized carbons (Fsp3) is 0.214. The molecule has 118 valence electrons. The lowest BCUT2D eigenvalue weighted by atomic mass is 10.2. The summed E-state index contributed by atoms with van der Waals surface area (Å²) in [6.45, 7) is 1.31. The third kappa shape index (κ3) is 2.78. The first-order valence-electron chi connectivity index (χ1n) is 6.67. The van der Waals surface area contributed by atoms with Crippen LogP contribution in [0.5, 0.6) is 5.75 Å². The molecule has 0 aromatic carbocycles. The van der Waals surface area contributed by atoms with Gasteiger partial charge >= 0.3 is 5.82 Å². The zero-order valence-corrected chi connectivity index (χ0v) is 12.8. The molecule has 3 rings (SSSR count). The summed E-state index contributed by atoms with van der Waals surface area (Å²) < 4.78 is 5.40. The Morgan fingerprint density at radius 3 is 2.91 bits per heavy atom. The molecule has 1 atom stereocenters. The Kier molecular flexibility index (Phi) is 3.78. The Hall–Kier alpha value is -2.81. The monoisotopic (exact) mass is 333 g/mol. The summed E-state index contributed by atoms with van der Waals surface area (Å²) in [5, 5.41) is 12.6. The van der Waals surface area contributed by atoms with Crippen LogP contribution < -0.4 is 9.64 Å². The second kappa shape index (κ2) is 5.76. The molecular weight excluding hydrogens is 322 g/mol. The van der Waals surface area contributed by atoms with E-state index in [-0.39, 0.29) is 23.9 Å². The number of nitrogens with zero attached hydrogens (tertiary/aromatic N) is 3. The molecule has 0 saturated carbocycles. The molecule has 0 fully saturated rings. The quantitative estimate of drug-likeness (QED) is 0.482. The number of carbonyl (C=O) groups is 2. The highest BCUT2D eigenvalue weighted by molar-refractivity contribution is 7.12. The molecule has 0 radical (unpaired) electrons. The molecule has 0 bridgehead atoms. The molecule has 0 saturated heterocycles. The molecule has 1 aliphatic heterocycles. The smallest absolute Gasteiger partial charge is 0.366 e. The fourth-order valence-electron chi connectivity index (χ4n) is 2.19. The second-order valence-corrected chi connectivity index (χ2v) is 5.78. The van der Waals surface area contributed by atoms with Crippen LogP contribution in [0.15, 0.2) is 29.6 Å². The van der Waals surface area contributed by atoms with Gasteiger partial charge in [0.2, 0.25) is 0 Å². The van der Waals surface area contributed by atoms with Crippen molar-refractivity contribution in [2.75, 3.05) is 11.4 Å². The molecule has 3 heterocycles. The Morgan fingerprint density at radius 2 is 2.26 bits per heavy atom. The minimum atomic E-state index is -0.790. The minimum Gasteiger partial charge on any atom is -0.475 e. The number of fused-ring (bicyclic) bond motifs is 1. The number of aromatic nitrogens is 1. The maximum Gasteiger partial charge on any atom is 0.366 e. The van der Waals surface area contributed by atoms with Crippen molar-refractivity contribution in [3.63, 3.8) is 0 Å². The Balaban J connectivity index is 1.98. The van der Waals surface area contributed by atoms with Gasteiger partial charge < -0.3 is 14.9 Å². The lowest BCUT2D eigenvalue weighted by molar-refractivity contribution is -0.389. The van der Waals surface area contributed by atoms with Gasteiger partial charge in [-0.2, -0.15) is 0 Å². The van der Waals surface area contributed by atoms with Crippen molar-refractivity contribution >= 4 is 34.7 Å². The van der Waals surface area contributed by atoms with Gasteiger partial charge in [-0.25, -0.2) is 0 Å². The van der Waals surface area contributed by atoms with Crippen LogP contribution >= 0.6 is 11.3 Å². The van der Waals surface area contributed by atoms with E-state index in [4.69, 9.17) is 4.74 Å². The topological polar surface area (TPSA) is 103 Å². The van der Waals surface area contributed by atoms with Crippen LogP contribution in [0.3, 0.4) is 0 Å². The van der Waals surface area contributed by atoms with E-state index < -0.39 is 22.8 Å². The van der Waals surface area contributed by atoms with Crippen molar-refractivity contribution in [1.29, 1.82) is 0 Å². The van der Waals surface area contributed by atoms with Crippen LogP contribution in [0.4, 0.5) is 11.6 Å². The van der Waals surface area contributed by atoms with Crippen LogP contribution in [0.2, 0.25) is 0 Å². The fourth-order valence-corrected chi connectivity index (χ4v) is 2.85. The molecule has 23 heavy (non-hydrogen) atoms. The molecule has 2 aromatic rings. The van der Waals surface area contributed by atoms with Gasteiger partial charge in [0, 0.05) is 6.07 Å². The van der Waals surface area contributed by atoms with Gasteiger partial charge in [0.1, 0.15) is 0 Å². The third-order valence-electron chi connectivity index (χ3n) is 3.28. The van der Waals surface area contributed by atoms with Crippen LogP contribution in [0.1, 0.15) is 16.6 Å². The van der Waals surface area contributed by atoms with Crippen molar-refractivity contribution in [2.24, 2.45) is 0 Å². The van der Waals surface area contributed by atoms with Crippen LogP contribution in [-0.4, -0.2) is 34.2 Å². The molecule has 0 N–H and O–H groups in total. The Morgan fingerprint density at radius 1 is 1.48 bits per heavy atom. The molecular formula is C14H11N3O5S. The molecule has 1 unspecified atom stereocenters. The largest absolute Gasteiger partial charge is 0.475 e. The first kappa shape index (κ1) is 15.1. The highest BCUT2D eigenvalue weighted by atomic mass is 32.1. The Bertz CT molecular complexity index is 790. The highest BCUT2D eigenvalue weighted by Crippen LogP contribution is 2.34. The molecule has 1 amide bonds. The summed E-state index contributed by atoms with van der Waals surface area (Å²) in [4.78, 5) is 40.3. The van der Waals surface area contributed by atoms with E-state index in [9.17, 15) is 19.7 Å². The van der Waals surface area contributed by atoms with Crippen molar-refractivity contribution in [2.45, 2.75) is 13.0 Å². The Labute approximate surface area is 134 Å². The van der Waals surface area contributed by atoms with Gasteiger partial charge in [0.05, 0.1) is 11.4 Å². The van der Waals surface area contributed by atoms with Crippen molar-refractivity contribution in [3.8, 4) is 5.75 Å². The molecule has 2 aromatic heterocycles. The molecule has 8 nitrogen and oxygen atoms in total. The number of amides is 1. The lowest BCUT2D eigenvalue weighted by Gasteiger charge is -2.28. The predicted octanol–water partition coefficient (Wildman–Crippen LogP) is 2.05. The zero-order chi connectivity index (χ0) is 16.6. The molecule has 9 heteroatoms. The second-order valence-electron chi connectivity index (χ2n) is 4.83. The van der Waals surface area contributed by atoms with E-state index in [2.05, 4.69) is 4.98 Å². The maximum atomic E-state index is 12.3. The number of ether oxygens (including phenoxy) is 1. The SMILES string of the molecule is CC1Oc2ccc([N+](=O)[O-])nc2N(CC(=O)c2cccs2)C1=O. The predicted molar refractivity (Wildman–Crippen MR) is 82.0 cm³/mol. The van der Waals surface area contributed by atoms with E-state index in [0.29, 0.717) is 4.88 Å². The molecule has 1 aliphatic rings. The number of carbonyl (C=O) groups excluding carboxylic acids is 2. The summed E-state index contributed by atoms with van der Waals surface area (Å²) in [5.74, 6) is -0.908. The number of pyridine rings is 1. The average molecular weight is 333 g/mol. The van der Waals surface area contributed by atoms with Crippen molar-refractivity contribution < 1.29 is 19.2 Å². The van der Waals surface area contributed by atoms with E-state index in [1.54, 1.807) is 24.4 Å². The maximum absolute atomic E-state index is 12.3. The number of rotatable bonds is 4. The highest BCUT2D eigenvalue weighted by Gasteiger charge is 2.37. The number of anilines is 1. The number of ketones is 1. The van der Waals surface area contributed by atoms with Gasteiger partial charge in [-0.05, 0) is 34.3 Å². The van der Waals surface area contributed by atoms with Crippen LogP contribution in [-0.2, 0) is 4.79 Å². The van der Waals surface area contributed by atoms with E-state index in [1.807, 2.05) is 0 Å². The molecule has 0 spiro atoms. The first-order chi connectivity index (χ1) is 11.0. The average Bonchev–Trinajstić information content (AvgIpc) is 3.05. The lowest BCUT2D eigenvalue weighted by Crippen LogP contribution is -2.47. The third-order valence-corrected chi connectivity index (χ3v) is 4.19. The minimum absolute atomic E-state index is 0.00722. The number of thiophene rings is 1. The van der Waals surface area contributed by atoms with Gasteiger partial charge in [-0.15, -0.1) is 11.3 Å². The summed E-state index contributed by atoms with van der Waals surface area (Å²) >= 11 is 1.26. The van der Waals surface area contributed by atoms with Gasteiger partial charge in [0.25, 0.3) is 11.7 Å². The van der Waals surface area contributed by atoms with E-state index in [1.165, 1.54) is 23.5 Å². The first-order valence-corrected chi connectivity index (χ1v) is 7.55. The van der Waals surface area contributed by atoms with E-state index in [0.717, 1.165) is 4.90 Å². The van der Waals surface area contributed by atoms with Gasteiger partial charge in [0.15, 0.2) is 17.6 Å². The van der Waals surface area contributed by atoms with Crippen LogP contribution in [0, 0.1) is 10.1 Å². The zero-order valence-electron chi connectivity index (χ0n) is 12.0. The summed E-state index contributed by atoms with van der Waals surface area (Å²) in [6.07, 6.45) is -0.790.